The lowest BCUT2D eigenvalue weighted by molar-refractivity contribution is -0.115. The number of hydrogen-bond donors (Lipinski definition) is 1. The van der Waals surface area contributed by atoms with Crippen LogP contribution in [0.15, 0.2) is 64.5 Å². The summed E-state index contributed by atoms with van der Waals surface area (Å²) in [4.78, 5) is 30.8. The van der Waals surface area contributed by atoms with Gasteiger partial charge >= 0.3 is 0 Å². The second-order valence-electron chi connectivity index (χ2n) is 7.81. The van der Waals surface area contributed by atoms with Crippen molar-refractivity contribution in [1.82, 2.24) is 9.55 Å². The predicted octanol–water partition coefficient (Wildman–Crippen LogP) is 5.54. The first kappa shape index (κ1) is 23.6. The number of amides is 1. The Morgan fingerprint density at radius 1 is 1.03 bits per heavy atom. The van der Waals surface area contributed by atoms with Crippen molar-refractivity contribution in [2.45, 2.75) is 31.2 Å². The Morgan fingerprint density at radius 3 is 2.53 bits per heavy atom. The number of anilines is 1. The summed E-state index contributed by atoms with van der Waals surface area (Å²) in [6.07, 6.45) is 0. The fourth-order valence-electron chi connectivity index (χ4n) is 3.43. The Hall–Kier alpha value is -3.59. The average Bonchev–Trinajstić information content (AvgIpc) is 2.81. The molecule has 0 radical (unpaired) electrons. The van der Waals surface area contributed by atoms with Crippen molar-refractivity contribution in [3.63, 3.8) is 0 Å². The van der Waals surface area contributed by atoms with Gasteiger partial charge in [-0.05, 0) is 62.2 Å². The van der Waals surface area contributed by atoms with Crippen LogP contribution in [0, 0.1) is 31.3 Å². The molecule has 1 aromatic heterocycles. The van der Waals surface area contributed by atoms with Crippen molar-refractivity contribution in [3.8, 4) is 5.69 Å². The molecule has 5 nitrogen and oxygen atoms in total. The SMILES string of the molecule is Cc1ccc(C)c(-n2c(SC(C)C(=O)Nc3ccc(F)c(F)c3F)nc3ccccc3c2=O)c1. The molecule has 0 saturated heterocycles. The van der Waals surface area contributed by atoms with Crippen LogP contribution in [0.3, 0.4) is 0 Å². The molecule has 9 heteroatoms. The first-order valence-electron chi connectivity index (χ1n) is 10.4. The van der Waals surface area contributed by atoms with Crippen LogP contribution in [-0.4, -0.2) is 20.7 Å². The minimum absolute atomic E-state index is 0.269. The number of hydrogen-bond acceptors (Lipinski definition) is 4. The molecule has 4 aromatic rings. The third-order valence-electron chi connectivity index (χ3n) is 5.29. The van der Waals surface area contributed by atoms with E-state index in [1.165, 1.54) is 4.57 Å². The summed E-state index contributed by atoms with van der Waals surface area (Å²) in [5.41, 5.74) is 2.11. The molecule has 1 heterocycles. The van der Waals surface area contributed by atoms with Crippen molar-refractivity contribution in [3.05, 3.63) is 93.5 Å². The number of fused-ring (bicyclic) bond motifs is 1. The monoisotopic (exact) mass is 483 g/mol. The Kier molecular flexibility index (Phi) is 6.47. The second-order valence-corrected chi connectivity index (χ2v) is 9.12. The Balaban J connectivity index is 1.75. The fourth-order valence-corrected chi connectivity index (χ4v) is 4.35. The minimum Gasteiger partial charge on any atom is -0.323 e. The van der Waals surface area contributed by atoms with Crippen LogP contribution >= 0.6 is 11.8 Å². The molecule has 4 rings (SSSR count). The summed E-state index contributed by atoms with van der Waals surface area (Å²) in [6.45, 7) is 5.32. The van der Waals surface area contributed by atoms with E-state index in [2.05, 4.69) is 10.3 Å². The molecule has 1 N–H and O–H groups in total. The van der Waals surface area contributed by atoms with Gasteiger partial charge in [0.2, 0.25) is 5.91 Å². The van der Waals surface area contributed by atoms with Crippen LogP contribution in [-0.2, 0) is 4.79 Å². The van der Waals surface area contributed by atoms with E-state index in [0.29, 0.717) is 16.6 Å². The number of thioether (sulfide) groups is 1. The second kappa shape index (κ2) is 9.34. The number of aromatic nitrogens is 2. The predicted molar refractivity (Wildman–Crippen MR) is 127 cm³/mol. The number of para-hydroxylation sites is 1. The maximum absolute atomic E-state index is 14.0. The zero-order valence-corrected chi connectivity index (χ0v) is 19.3. The molecule has 0 aliphatic heterocycles. The highest BCUT2D eigenvalue weighted by molar-refractivity contribution is 8.00. The van der Waals surface area contributed by atoms with Crippen LogP contribution in [0.25, 0.3) is 16.6 Å². The maximum Gasteiger partial charge on any atom is 0.266 e. The quantitative estimate of drug-likeness (QED) is 0.230. The largest absolute Gasteiger partial charge is 0.323 e. The van der Waals surface area contributed by atoms with E-state index in [9.17, 15) is 22.8 Å². The van der Waals surface area contributed by atoms with Crippen molar-refractivity contribution >= 4 is 34.3 Å². The molecule has 0 saturated carbocycles. The van der Waals surface area contributed by atoms with Gasteiger partial charge < -0.3 is 5.32 Å². The molecular formula is C25H20F3N3O2S. The molecule has 0 aliphatic rings. The van der Waals surface area contributed by atoms with Crippen molar-refractivity contribution in [1.29, 1.82) is 0 Å². The van der Waals surface area contributed by atoms with Crippen molar-refractivity contribution in [2.24, 2.45) is 0 Å². The summed E-state index contributed by atoms with van der Waals surface area (Å²) in [6, 6.07) is 14.3. The summed E-state index contributed by atoms with van der Waals surface area (Å²) >= 11 is 0.999. The highest BCUT2D eigenvalue weighted by atomic mass is 32.2. The lowest BCUT2D eigenvalue weighted by Gasteiger charge is -2.18. The van der Waals surface area contributed by atoms with E-state index in [0.717, 1.165) is 35.0 Å². The molecule has 1 atom stereocenters. The molecule has 0 aliphatic carbocycles. The summed E-state index contributed by atoms with van der Waals surface area (Å²) < 4.78 is 42.2. The van der Waals surface area contributed by atoms with Gasteiger partial charge in [0.1, 0.15) is 0 Å². The smallest absolute Gasteiger partial charge is 0.266 e. The fraction of sp³-hybridized carbons (Fsp3) is 0.160. The number of benzene rings is 3. The number of carbonyl (C=O) groups excluding carboxylic acids is 1. The van der Waals surface area contributed by atoms with Gasteiger partial charge in [-0.1, -0.05) is 36.0 Å². The minimum atomic E-state index is -1.67. The van der Waals surface area contributed by atoms with E-state index >= 15 is 0 Å². The molecule has 0 bridgehead atoms. The molecule has 3 aromatic carbocycles. The van der Waals surface area contributed by atoms with E-state index in [1.807, 2.05) is 32.0 Å². The summed E-state index contributed by atoms with van der Waals surface area (Å²) in [5, 5.41) is 2.12. The number of nitrogens with one attached hydrogen (secondary N) is 1. The molecule has 174 valence electrons. The van der Waals surface area contributed by atoms with E-state index in [4.69, 9.17) is 0 Å². The maximum atomic E-state index is 14.0. The molecule has 1 unspecified atom stereocenters. The van der Waals surface area contributed by atoms with E-state index < -0.39 is 34.3 Å². The molecule has 1 amide bonds. The van der Waals surface area contributed by atoms with Crippen LogP contribution in [0.4, 0.5) is 18.9 Å². The lowest BCUT2D eigenvalue weighted by Crippen LogP contribution is -2.27. The molecule has 0 spiro atoms. The highest BCUT2D eigenvalue weighted by Crippen LogP contribution is 2.28. The van der Waals surface area contributed by atoms with Gasteiger partial charge in [0.05, 0.1) is 27.5 Å². The zero-order chi connectivity index (χ0) is 24.6. The van der Waals surface area contributed by atoms with Gasteiger partial charge in [-0.15, -0.1) is 0 Å². The van der Waals surface area contributed by atoms with Gasteiger partial charge in [0, 0.05) is 0 Å². The van der Waals surface area contributed by atoms with Gasteiger partial charge in [0.25, 0.3) is 5.56 Å². The third-order valence-corrected chi connectivity index (χ3v) is 6.35. The number of aryl methyl sites for hydroxylation is 2. The summed E-state index contributed by atoms with van der Waals surface area (Å²) in [7, 11) is 0. The zero-order valence-electron chi connectivity index (χ0n) is 18.5. The third kappa shape index (κ3) is 4.43. The van der Waals surface area contributed by atoms with E-state index in [-0.39, 0.29) is 10.7 Å². The number of halogens is 3. The lowest BCUT2D eigenvalue weighted by atomic mass is 10.1. The summed E-state index contributed by atoms with van der Waals surface area (Å²) in [5.74, 6) is -5.17. The van der Waals surface area contributed by atoms with Gasteiger partial charge in [-0.2, -0.15) is 0 Å². The number of rotatable bonds is 5. The number of carbonyl (C=O) groups is 1. The van der Waals surface area contributed by atoms with Crippen LogP contribution in [0.1, 0.15) is 18.1 Å². The first-order valence-corrected chi connectivity index (χ1v) is 11.3. The van der Waals surface area contributed by atoms with Crippen molar-refractivity contribution in [2.75, 3.05) is 5.32 Å². The molecule has 34 heavy (non-hydrogen) atoms. The van der Waals surface area contributed by atoms with Crippen molar-refractivity contribution < 1.29 is 18.0 Å². The van der Waals surface area contributed by atoms with E-state index in [1.54, 1.807) is 31.2 Å². The van der Waals surface area contributed by atoms with Crippen LogP contribution in [0.5, 0.6) is 0 Å². The normalized spacial score (nSPS) is 12.1. The number of nitrogens with zero attached hydrogens (tertiary/aromatic N) is 2. The van der Waals surface area contributed by atoms with Crippen LogP contribution < -0.4 is 10.9 Å². The molecular weight excluding hydrogens is 463 g/mol. The van der Waals surface area contributed by atoms with Crippen LogP contribution in [0.2, 0.25) is 0 Å². The Morgan fingerprint density at radius 2 is 1.76 bits per heavy atom. The first-order chi connectivity index (χ1) is 16.2. The highest BCUT2D eigenvalue weighted by Gasteiger charge is 2.23. The molecule has 0 fully saturated rings. The Bertz CT molecular complexity index is 1490. The topological polar surface area (TPSA) is 64.0 Å². The van der Waals surface area contributed by atoms with Gasteiger partial charge in [0.15, 0.2) is 22.6 Å². The van der Waals surface area contributed by atoms with Gasteiger partial charge in [-0.3, -0.25) is 14.2 Å². The van der Waals surface area contributed by atoms with Gasteiger partial charge in [-0.25, -0.2) is 18.2 Å². The standard InChI is InChI=1S/C25H20F3N3O2S/c1-13-8-9-14(2)20(12-13)31-24(33)16-6-4-5-7-18(16)30-25(31)34-15(3)23(32)29-19-11-10-17(26)21(27)22(19)28/h4-12,15H,1-3H3,(H,29,32). The average molecular weight is 484 g/mol. The Labute approximate surface area is 197 Å².